The molecule has 0 saturated carbocycles. The van der Waals surface area contributed by atoms with Gasteiger partial charge in [0.05, 0.1) is 17.5 Å². The molecule has 0 bridgehead atoms. The van der Waals surface area contributed by atoms with Gasteiger partial charge in [-0.25, -0.2) is 9.97 Å². The minimum atomic E-state index is -0.162. The van der Waals surface area contributed by atoms with Crippen LogP contribution in [0.4, 0.5) is 5.82 Å². The maximum atomic E-state index is 9.62. The number of hydrogen-bond donors (Lipinski definition) is 2. The molecule has 1 aliphatic heterocycles. The third kappa shape index (κ3) is 2.63. The van der Waals surface area contributed by atoms with Crippen LogP contribution in [0.2, 0.25) is 0 Å². The summed E-state index contributed by atoms with van der Waals surface area (Å²) in [5, 5.41) is 10.6. The summed E-state index contributed by atoms with van der Waals surface area (Å²) in [4.78, 5) is 13.8. The number of hydrogen-bond acceptors (Lipinski definition) is 6. The van der Waals surface area contributed by atoms with Crippen molar-refractivity contribution in [2.75, 3.05) is 18.8 Å². The average Bonchev–Trinajstić information content (AvgIpc) is 2.74. The van der Waals surface area contributed by atoms with Gasteiger partial charge in [0.25, 0.3) is 0 Å². The molecule has 0 aromatic carbocycles. The fraction of sp³-hybridized carbons (Fsp3) is 0.600. The van der Waals surface area contributed by atoms with Gasteiger partial charge in [-0.2, -0.15) is 0 Å². The molecule has 21 heavy (non-hydrogen) atoms. The third-order valence-electron chi connectivity index (χ3n) is 4.49. The summed E-state index contributed by atoms with van der Waals surface area (Å²) >= 11 is 1.68. The molecule has 114 valence electrons. The van der Waals surface area contributed by atoms with Crippen molar-refractivity contribution in [2.45, 2.75) is 45.8 Å². The summed E-state index contributed by atoms with van der Waals surface area (Å²) in [6, 6.07) is 0.131. The van der Waals surface area contributed by atoms with Gasteiger partial charge in [-0.3, -0.25) is 4.90 Å². The van der Waals surface area contributed by atoms with Crippen LogP contribution in [-0.4, -0.2) is 39.2 Å². The molecule has 6 heteroatoms. The lowest BCUT2D eigenvalue weighted by Gasteiger charge is -2.33. The van der Waals surface area contributed by atoms with Crippen LogP contribution in [0.25, 0.3) is 10.2 Å². The molecule has 1 unspecified atom stereocenters. The number of thiophene rings is 1. The summed E-state index contributed by atoms with van der Waals surface area (Å²) in [7, 11) is 0. The zero-order chi connectivity index (χ0) is 15.1. The molecule has 2 aromatic heterocycles. The molecule has 1 fully saturated rings. The van der Waals surface area contributed by atoms with Gasteiger partial charge in [-0.05, 0) is 39.2 Å². The van der Waals surface area contributed by atoms with Gasteiger partial charge in [0, 0.05) is 18.0 Å². The molecule has 2 aromatic rings. The van der Waals surface area contributed by atoms with Gasteiger partial charge < -0.3 is 10.8 Å². The fourth-order valence-corrected chi connectivity index (χ4v) is 3.97. The third-order valence-corrected chi connectivity index (χ3v) is 5.60. The minimum Gasteiger partial charge on any atom is -0.393 e. The van der Waals surface area contributed by atoms with Crippen molar-refractivity contribution in [1.29, 1.82) is 0 Å². The van der Waals surface area contributed by atoms with Gasteiger partial charge in [0.2, 0.25) is 0 Å². The van der Waals surface area contributed by atoms with Crippen LogP contribution in [0.1, 0.15) is 42.1 Å². The topological polar surface area (TPSA) is 75.3 Å². The minimum absolute atomic E-state index is 0.131. The van der Waals surface area contributed by atoms with E-state index in [9.17, 15) is 5.11 Å². The molecule has 1 saturated heterocycles. The number of aliphatic hydroxyl groups is 1. The molecule has 0 radical (unpaired) electrons. The summed E-state index contributed by atoms with van der Waals surface area (Å²) in [5.74, 6) is 1.37. The molecule has 0 aliphatic carbocycles. The Hall–Kier alpha value is -1.24. The monoisotopic (exact) mass is 306 g/mol. The quantitative estimate of drug-likeness (QED) is 0.891. The van der Waals surface area contributed by atoms with Crippen LogP contribution in [0.5, 0.6) is 0 Å². The Bertz CT molecular complexity index is 661. The van der Waals surface area contributed by atoms with E-state index in [-0.39, 0.29) is 12.1 Å². The highest BCUT2D eigenvalue weighted by atomic mass is 32.1. The summed E-state index contributed by atoms with van der Waals surface area (Å²) in [6.07, 6.45) is 1.47. The Balaban J connectivity index is 1.93. The second-order valence-corrected chi connectivity index (χ2v) is 7.08. The van der Waals surface area contributed by atoms with Gasteiger partial charge in [0.1, 0.15) is 16.5 Å². The number of fused-ring (bicyclic) bond motifs is 1. The first kappa shape index (κ1) is 14.7. The van der Waals surface area contributed by atoms with Crippen molar-refractivity contribution in [1.82, 2.24) is 14.9 Å². The number of nitrogens with two attached hydrogens (primary N) is 1. The Morgan fingerprint density at radius 3 is 2.62 bits per heavy atom. The van der Waals surface area contributed by atoms with Crippen LogP contribution >= 0.6 is 11.3 Å². The molecular weight excluding hydrogens is 284 g/mol. The van der Waals surface area contributed by atoms with Gasteiger partial charge >= 0.3 is 0 Å². The summed E-state index contributed by atoms with van der Waals surface area (Å²) in [6.45, 7) is 8.04. The summed E-state index contributed by atoms with van der Waals surface area (Å²) in [5.41, 5.74) is 7.35. The SMILES string of the molecule is Cc1sc2nc(C(C)N3CCC(O)CC3)nc(N)c2c1C. The molecule has 0 spiro atoms. The van der Waals surface area contributed by atoms with Crippen LogP contribution < -0.4 is 5.73 Å². The predicted octanol–water partition coefficient (Wildman–Crippen LogP) is 2.41. The molecule has 3 rings (SSSR count). The van der Waals surface area contributed by atoms with E-state index in [2.05, 4.69) is 30.7 Å². The van der Waals surface area contributed by atoms with Crippen molar-refractivity contribution < 1.29 is 5.11 Å². The number of rotatable bonds is 2. The van der Waals surface area contributed by atoms with Crippen molar-refractivity contribution in [3.05, 3.63) is 16.3 Å². The maximum absolute atomic E-state index is 9.62. The van der Waals surface area contributed by atoms with E-state index in [1.807, 2.05) is 0 Å². The lowest BCUT2D eigenvalue weighted by atomic mass is 10.1. The number of nitrogen functional groups attached to an aromatic ring is 1. The van der Waals surface area contributed by atoms with Crippen LogP contribution in [0, 0.1) is 13.8 Å². The van der Waals surface area contributed by atoms with E-state index in [4.69, 9.17) is 10.7 Å². The van der Waals surface area contributed by atoms with Crippen molar-refractivity contribution in [3.8, 4) is 0 Å². The van der Waals surface area contributed by atoms with E-state index in [0.29, 0.717) is 5.82 Å². The van der Waals surface area contributed by atoms with Crippen molar-refractivity contribution in [2.24, 2.45) is 0 Å². The Morgan fingerprint density at radius 1 is 1.29 bits per heavy atom. The Morgan fingerprint density at radius 2 is 1.95 bits per heavy atom. The van der Waals surface area contributed by atoms with E-state index in [1.165, 1.54) is 10.4 Å². The molecule has 0 amide bonds. The van der Waals surface area contributed by atoms with Crippen molar-refractivity contribution in [3.63, 3.8) is 0 Å². The predicted molar refractivity (Wildman–Crippen MR) is 86.5 cm³/mol. The smallest absolute Gasteiger partial charge is 0.149 e. The molecule has 1 atom stereocenters. The number of anilines is 1. The van der Waals surface area contributed by atoms with Crippen LogP contribution in [0.3, 0.4) is 0 Å². The van der Waals surface area contributed by atoms with Gasteiger partial charge in [0.15, 0.2) is 0 Å². The second-order valence-electron chi connectivity index (χ2n) is 5.87. The number of piperidine rings is 1. The molecule has 3 N–H and O–H groups in total. The standard InChI is InChI=1S/C15H22N4OS/c1-8-10(3)21-15-12(8)13(16)17-14(18-15)9(2)19-6-4-11(20)5-7-19/h9,11,20H,4-7H2,1-3H3,(H2,16,17,18). The Kier molecular flexibility index (Phi) is 3.86. The lowest BCUT2D eigenvalue weighted by molar-refractivity contribution is 0.0627. The van der Waals surface area contributed by atoms with E-state index < -0.39 is 0 Å². The summed E-state index contributed by atoms with van der Waals surface area (Å²) < 4.78 is 0. The Labute approximate surface area is 128 Å². The lowest BCUT2D eigenvalue weighted by Crippen LogP contribution is -2.38. The molecule has 3 heterocycles. The first-order chi connectivity index (χ1) is 9.97. The normalized spacial score (nSPS) is 19.2. The average molecular weight is 306 g/mol. The first-order valence-electron chi connectivity index (χ1n) is 7.42. The van der Waals surface area contributed by atoms with Crippen LogP contribution in [-0.2, 0) is 0 Å². The van der Waals surface area contributed by atoms with Crippen LogP contribution in [0.15, 0.2) is 0 Å². The number of aromatic nitrogens is 2. The fourth-order valence-electron chi connectivity index (χ4n) is 2.92. The number of nitrogens with zero attached hydrogens (tertiary/aromatic N) is 3. The van der Waals surface area contributed by atoms with Gasteiger partial charge in [-0.1, -0.05) is 0 Å². The van der Waals surface area contributed by atoms with Gasteiger partial charge in [-0.15, -0.1) is 11.3 Å². The van der Waals surface area contributed by atoms with E-state index in [1.54, 1.807) is 11.3 Å². The molecular formula is C15H22N4OS. The molecule has 1 aliphatic rings. The number of likely N-dealkylation sites (tertiary alicyclic amines) is 1. The first-order valence-corrected chi connectivity index (χ1v) is 8.24. The highest BCUT2D eigenvalue weighted by Gasteiger charge is 2.25. The highest BCUT2D eigenvalue weighted by molar-refractivity contribution is 7.18. The maximum Gasteiger partial charge on any atom is 0.149 e. The number of aliphatic hydroxyl groups excluding tert-OH is 1. The van der Waals surface area contributed by atoms with Crippen molar-refractivity contribution >= 4 is 27.4 Å². The molecule has 5 nitrogen and oxygen atoms in total. The van der Waals surface area contributed by atoms with E-state index >= 15 is 0 Å². The highest BCUT2D eigenvalue weighted by Crippen LogP contribution is 2.33. The largest absolute Gasteiger partial charge is 0.393 e. The zero-order valence-electron chi connectivity index (χ0n) is 12.8. The zero-order valence-corrected chi connectivity index (χ0v) is 13.6. The number of aryl methyl sites for hydroxylation is 2. The van der Waals surface area contributed by atoms with E-state index in [0.717, 1.165) is 42.0 Å². The second kappa shape index (κ2) is 5.51.